The molecular weight excluding hydrogens is 555 g/mol. The van der Waals surface area contributed by atoms with Gasteiger partial charge in [-0.1, -0.05) is 24.3 Å². The summed E-state index contributed by atoms with van der Waals surface area (Å²) in [6, 6.07) is 14.2. The minimum absolute atomic E-state index is 0.0357. The summed E-state index contributed by atoms with van der Waals surface area (Å²) in [5.41, 5.74) is -0.680. The van der Waals surface area contributed by atoms with Crippen molar-refractivity contribution < 1.29 is 35.5 Å². The van der Waals surface area contributed by atoms with Crippen LogP contribution in [0.4, 0.5) is 41.5 Å². The van der Waals surface area contributed by atoms with Crippen LogP contribution in [0, 0.1) is 5.82 Å². The smallest absolute Gasteiger partial charge is 0.345 e. The Kier molecular flexibility index (Phi) is 8.74. The number of aromatic nitrogens is 2. The highest BCUT2D eigenvalue weighted by molar-refractivity contribution is 5.79. The zero-order valence-electron chi connectivity index (χ0n) is 21.8. The fraction of sp³-hybridized carbons (Fsp3) is 0.286. The van der Waals surface area contributed by atoms with Crippen molar-refractivity contribution >= 4 is 23.0 Å². The van der Waals surface area contributed by atoms with E-state index in [4.69, 9.17) is 4.98 Å². The second-order valence-corrected chi connectivity index (χ2v) is 9.41. The summed E-state index contributed by atoms with van der Waals surface area (Å²) in [4.78, 5) is 18.8. The molecule has 0 aliphatic heterocycles. The van der Waals surface area contributed by atoms with Crippen LogP contribution in [0.3, 0.4) is 0 Å². The fourth-order valence-corrected chi connectivity index (χ4v) is 4.27. The van der Waals surface area contributed by atoms with Crippen molar-refractivity contribution in [3.05, 3.63) is 94.8 Å². The van der Waals surface area contributed by atoms with Gasteiger partial charge in [0.25, 0.3) is 0 Å². The summed E-state index contributed by atoms with van der Waals surface area (Å²) in [5.74, 6) is 0.323. The number of benzene rings is 3. The number of carbonyl (C=O) groups is 1. The number of imidazole rings is 1. The van der Waals surface area contributed by atoms with E-state index in [-0.39, 0.29) is 24.0 Å². The third-order valence-electron chi connectivity index (χ3n) is 6.29. The highest BCUT2D eigenvalue weighted by Crippen LogP contribution is 2.36. The SMILES string of the molecule is CN(CCCNC(=O)NCc1cc(C(F)(F)F)cc(C(F)(F)F)c1)c1nc2ccccc2n1Cc1ccc(F)cc1. The first kappa shape index (κ1) is 29.7. The van der Waals surface area contributed by atoms with Crippen molar-refractivity contribution in [3.8, 4) is 0 Å². The van der Waals surface area contributed by atoms with Gasteiger partial charge < -0.3 is 20.1 Å². The normalized spacial score (nSPS) is 12.0. The van der Waals surface area contributed by atoms with Gasteiger partial charge in [0.1, 0.15) is 5.82 Å². The fourth-order valence-electron chi connectivity index (χ4n) is 4.27. The summed E-state index contributed by atoms with van der Waals surface area (Å²) < 4.78 is 93.6. The molecule has 13 heteroatoms. The number of fused-ring (bicyclic) bond motifs is 1. The lowest BCUT2D eigenvalue weighted by Crippen LogP contribution is -2.36. The monoisotopic (exact) mass is 581 g/mol. The largest absolute Gasteiger partial charge is 0.416 e. The molecule has 0 spiro atoms. The van der Waals surface area contributed by atoms with Crippen molar-refractivity contribution in [2.75, 3.05) is 25.0 Å². The Balaban J connectivity index is 1.33. The van der Waals surface area contributed by atoms with Crippen LogP contribution in [0.1, 0.15) is 28.7 Å². The molecule has 0 saturated heterocycles. The molecule has 3 aromatic carbocycles. The highest BCUT2D eigenvalue weighted by atomic mass is 19.4. The number of rotatable bonds is 9. The quantitative estimate of drug-likeness (QED) is 0.173. The Labute approximate surface area is 230 Å². The van der Waals surface area contributed by atoms with E-state index in [1.807, 2.05) is 40.8 Å². The third kappa shape index (κ3) is 7.68. The predicted molar refractivity (Wildman–Crippen MR) is 140 cm³/mol. The maximum absolute atomic E-state index is 13.4. The van der Waals surface area contributed by atoms with Crippen molar-refractivity contribution in [1.82, 2.24) is 20.2 Å². The zero-order valence-corrected chi connectivity index (χ0v) is 21.8. The van der Waals surface area contributed by atoms with Crippen molar-refractivity contribution in [2.45, 2.75) is 31.9 Å². The van der Waals surface area contributed by atoms with Crippen LogP contribution < -0.4 is 15.5 Å². The average Bonchev–Trinajstić information content (AvgIpc) is 3.28. The standard InChI is InChI=1S/C28H26F7N5O/c1-39(26-38-23-5-2-3-6-24(23)40(26)17-18-7-9-22(29)10-8-18)12-4-11-36-25(41)37-16-19-13-20(27(30,31)32)15-21(14-19)28(33,34)35/h2-3,5-10,13-15H,4,11-12,16-17H2,1H3,(H2,36,37,41). The van der Waals surface area contributed by atoms with Crippen molar-refractivity contribution in [1.29, 1.82) is 0 Å². The van der Waals surface area contributed by atoms with Gasteiger partial charge in [-0.25, -0.2) is 14.2 Å². The number of carbonyl (C=O) groups excluding carboxylic acids is 1. The number of halogens is 7. The van der Waals surface area contributed by atoms with E-state index in [0.717, 1.165) is 16.6 Å². The van der Waals surface area contributed by atoms with Gasteiger partial charge in [0, 0.05) is 26.7 Å². The number of hydrogen-bond donors (Lipinski definition) is 2. The molecule has 0 bridgehead atoms. The van der Waals surface area contributed by atoms with Crippen LogP contribution in [-0.4, -0.2) is 35.7 Å². The lowest BCUT2D eigenvalue weighted by atomic mass is 10.0. The van der Waals surface area contributed by atoms with Crippen molar-refractivity contribution in [2.24, 2.45) is 0 Å². The molecule has 1 heterocycles. The molecule has 0 radical (unpaired) electrons. The van der Waals surface area contributed by atoms with Gasteiger partial charge in [0.2, 0.25) is 5.95 Å². The van der Waals surface area contributed by atoms with Crippen LogP contribution in [-0.2, 0) is 25.4 Å². The third-order valence-corrected chi connectivity index (χ3v) is 6.29. The van der Waals surface area contributed by atoms with E-state index >= 15 is 0 Å². The summed E-state index contributed by atoms with van der Waals surface area (Å²) in [7, 11) is 1.83. The number of alkyl halides is 6. The molecule has 0 aliphatic rings. The maximum Gasteiger partial charge on any atom is 0.416 e. The van der Waals surface area contributed by atoms with Gasteiger partial charge in [0.15, 0.2) is 0 Å². The summed E-state index contributed by atoms with van der Waals surface area (Å²) in [6.45, 7) is 0.583. The minimum Gasteiger partial charge on any atom is -0.345 e. The van der Waals surface area contributed by atoms with Crippen LogP contribution in [0.5, 0.6) is 0 Å². The zero-order chi connectivity index (χ0) is 29.8. The predicted octanol–water partition coefficient (Wildman–Crippen LogP) is 6.59. The van der Waals surface area contributed by atoms with E-state index in [0.29, 0.717) is 37.6 Å². The minimum atomic E-state index is -4.97. The number of nitrogens with one attached hydrogen (secondary N) is 2. The van der Waals surface area contributed by atoms with Gasteiger partial charge in [-0.3, -0.25) is 0 Å². The first-order valence-corrected chi connectivity index (χ1v) is 12.5. The second kappa shape index (κ2) is 12.1. The van der Waals surface area contributed by atoms with E-state index < -0.39 is 36.1 Å². The number of amides is 2. The number of nitrogens with zero attached hydrogens (tertiary/aromatic N) is 3. The molecule has 2 N–H and O–H groups in total. The summed E-state index contributed by atoms with van der Waals surface area (Å²) in [5, 5.41) is 4.84. The van der Waals surface area contributed by atoms with E-state index in [9.17, 15) is 35.5 Å². The Morgan fingerprint density at radius 1 is 0.878 bits per heavy atom. The van der Waals surface area contributed by atoms with Gasteiger partial charge in [-0.15, -0.1) is 0 Å². The van der Waals surface area contributed by atoms with Gasteiger partial charge >= 0.3 is 18.4 Å². The molecular formula is C28H26F7N5O. The van der Waals surface area contributed by atoms with Gasteiger partial charge in [-0.2, -0.15) is 26.3 Å². The molecule has 1 aromatic heterocycles. The van der Waals surface area contributed by atoms with E-state index in [2.05, 4.69) is 10.6 Å². The Morgan fingerprint density at radius 3 is 2.15 bits per heavy atom. The molecule has 0 atom stereocenters. The molecule has 2 amide bonds. The molecule has 6 nitrogen and oxygen atoms in total. The Hall–Kier alpha value is -4.29. The highest BCUT2D eigenvalue weighted by Gasteiger charge is 2.36. The molecule has 0 aliphatic carbocycles. The molecule has 0 unspecified atom stereocenters. The molecule has 0 saturated carbocycles. The Bertz CT molecular complexity index is 1460. The molecule has 41 heavy (non-hydrogen) atoms. The topological polar surface area (TPSA) is 62.2 Å². The molecule has 4 aromatic rings. The van der Waals surface area contributed by atoms with Crippen LogP contribution >= 0.6 is 0 Å². The number of urea groups is 1. The lowest BCUT2D eigenvalue weighted by Gasteiger charge is -2.20. The summed E-state index contributed by atoms with van der Waals surface area (Å²) >= 11 is 0. The van der Waals surface area contributed by atoms with E-state index in [1.165, 1.54) is 12.1 Å². The van der Waals surface area contributed by atoms with E-state index in [1.54, 1.807) is 12.1 Å². The Morgan fingerprint density at radius 2 is 1.51 bits per heavy atom. The summed E-state index contributed by atoms with van der Waals surface area (Å²) in [6.07, 6.45) is -9.47. The van der Waals surface area contributed by atoms with Crippen molar-refractivity contribution in [3.63, 3.8) is 0 Å². The van der Waals surface area contributed by atoms with Gasteiger partial charge in [0.05, 0.1) is 28.7 Å². The molecule has 218 valence electrons. The number of anilines is 1. The number of hydrogen-bond acceptors (Lipinski definition) is 3. The molecule has 0 fully saturated rings. The van der Waals surface area contributed by atoms with Gasteiger partial charge in [-0.05, 0) is 60.0 Å². The van der Waals surface area contributed by atoms with Crippen LogP contribution in [0.2, 0.25) is 0 Å². The molecule has 4 rings (SSSR count). The second-order valence-electron chi connectivity index (χ2n) is 9.41. The first-order chi connectivity index (χ1) is 19.3. The average molecular weight is 582 g/mol. The maximum atomic E-state index is 13.4. The first-order valence-electron chi connectivity index (χ1n) is 12.5. The van der Waals surface area contributed by atoms with Crippen LogP contribution in [0.25, 0.3) is 11.0 Å². The lowest BCUT2D eigenvalue weighted by molar-refractivity contribution is -0.143. The van der Waals surface area contributed by atoms with Crippen LogP contribution in [0.15, 0.2) is 66.7 Å². The number of para-hydroxylation sites is 2.